The van der Waals surface area contributed by atoms with E-state index in [-0.39, 0.29) is 0 Å². The zero-order chi connectivity index (χ0) is 12.1. The van der Waals surface area contributed by atoms with Crippen molar-refractivity contribution >= 4 is 6.29 Å². The van der Waals surface area contributed by atoms with Crippen molar-refractivity contribution in [2.24, 2.45) is 0 Å². The summed E-state index contributed by atoms with van der Waals surface area (Å²) in [5.41, 5.74) is 4.10. The Hall–Kier alpha value is -1.93. The van der Waals surface area contributed by atoms with Crippen molar-refractivity contribution in [1.82, 2.24) is 0 Å². The van der Waals surface area contributed by atoms with E-state index in [0.717, 1.165) is 23.0 Å². The van der Waals surface area contributed by atoms with Crippen molar-refractivity contribution in [3.63, 3.8) is 0 Å². The number of hydrogen-bond acceptors (Lipinski definition) is 2. The van der Waals surface area contributed by atoms with Gasteiger partial charge in [0.25, 0.3) is 0 Å². The second-order valence-corrected chi connectivity index (χ2v) is 3.87. The summed E-state index contributed by atoms with van der Waals surface area (Å²) in [6.07, 6.45) is 0.853. The first-order valence-corrected chi connectivity index (χ1v) is 5.47. The number of carbonyl (C=O) groups is 1. The molecule has 0 saturated heterocycles. The summed E-state index contributed by atoms with van der Waals surface area (Å²) in [5, 5.41) is 0. The summed E-state index contributed by atoms with van der Waals surface area (Å²) in [6, 6.07) is 15.8. The summed E-state index contributed by atoms with van der Waals surface area (Å²) in [5.74, 6) is 0. The number of benzene rings is 2. The van der Waals surface area contributed by atoms with E-state index in [1.54, 1.807) is 7.11 Å². The topological polar surface area (TPSA) is 26.3 Å². The molecule has 2 rings (SSSR count). The molecular weight excluding hydrogens is 212 g/mol. The maximum absolute atomic E-state index is 10.6. The van der Waals surface area contributed by atoms with Crippen LogP contribution in [0.5, 0.6) is 0 Å². The van der Waals surface area contributed by atoms with Crippen molar-refractivity contribution in [2.75, 3.05) is 7.11 Å². The van der Waals surface area contributed by atoms with Crippen LogP contribution < -0.4 is 0 Å². The van der Waals surface area contributed by atoms with Crippen LogP contribution in [0, 0.1) is 0 Å². The fourth-order valence-electron chi connectivity index (χ4n) is 1.71. The normalized spacial score (nSPS) is 10.2. The van der Waals surface area contributed by atoms with Gasteiger partial charge in [-0.05, 0) is 16.7 Å². The summed E-state index contributed by atoms with van der Waals surface area (Å²) in [4.78, 5) is 10.6. The summed E-state index contributed by atoms with van der Waals surface area (Å²) in [6.45, 7) is 0.629. The third-order valence-corrected chi connectivity index (χ3v) is 2.65. The van der Waals surface area contributed by atoms with Gasteiger partial charge in [0.1, 0.15) is 6.29 Å². The third-order valence-electron chi connectivity index (χ3n) is 2.65. The van der Waals surface area contributed by atoms with Crippen LogP contribution in [0.1, 0.15) is 15.9 Å². The van der Waals surface area contributed by atoms with Gasteiger partial charge in [0.05, 0.1) is 6.61 Å². The molecule has 2 heteroatoms. The van der Waals surface area contributed by atoms with Crippen LogP contribution in [0.25, 0.3) is 11.1 Å². The summed E-state index contributed by atoms with van der Waals surface area (Å²) >= 11 is 0. The Bertz CT molecular complexity index is 483. The number of carbonyl (C=O) groups excluding carboxylic acids is 1. The lowest BCUT2D eigenvalue weighted by Crippen LogP contribution is -1.87. The molecule has 0 atom stereocenters. The fraction of sp³-hybridized carbons (Fsp3) is 0.133. The Morgan fingerprint density at radius 1 is 0.941 bits per heavy atom. The molecular formula is C15H14O2. The largest absolute Gasteiger partial charge is 0.380 e. The molecule has 0 unspecified atom stereocenters. The van der Waals surface area contributed by atoms with Gasteiger partial charge in [0, 0.05) is 12.7 Å². The number of rotatable bonds is 4. The smallest absolute Gasteiger partial charge is 0.150 e. The van der Waals surface area contributed by atoms with Crippen LogP contribution in [0.4, 0.5) is 0 Å². The standard InChI is InChI=1S/C15H14O2/c1-17-11-13-4-8-15(9-5-13)14-6-2-12(10-16)3-7-14/h2-10H,11H2,1H3. The Morgan fingerprint density at radius 2 is 1.47 bits per heavy atom. The number of hydrogen-bond donors (Lipinski definition) is 0. The highest BCUT2D eigenvalue weighted by Crippen LogP contribution is 2.20. The van der Waals surface area contributed by atoms with Crippen molar-refractivity contribution in [3.8, 4) is 11.1 Å². The molecule has 2 nitrogen and oxygen atoms in total. The Kier molecular flexibility index (Phi) is 3.68. The monoisotopic (exact) mass is 226 g/mol. The zero-order valence-electron chi connectivity index (χ0n) is 9.72. The molecule has 0 bridgehead atoms. The van der Waals surface area contributed by atoms with Gasteiger partial charge in [-0.2, -0.15) is 0 Å². The third kappa shape index (κ3) is 2.80. The van der Waals surface area contributed by atoms with Gasteiger partial charge in [0.2, 0.25) is 0 Å². The van der Waals surface area contributed by atoms with Crippen LogP contribution in [0.3, 0.4) is 0 Å². The lowest BCUT2D eigenvalue weighted by Gasteiger charge is -2.04. The Labute approximate surface area is 101 Å². The first-order chi connectivity index (χ1) is 8.33. The van der Waals surface area contributed by atoms with Crippen molar-refractivity contribution in [2.45, 2.75) is 6.61 Å². The fourth-order valence-corrected chi connectivity index (χ4v) is 1.71. The Morgan fingerprint density at radius 3 is 1.94 bits per heavy atom. The van der Waals surface area contributed by atoms with E-state index >= 15 is 0 Å². The second kappa shape index (κ2) is 5.41. The van der Waals surface area contributed by atoms with Gasteiger partial charge in [-0.3, -0.25) is 4.79 Å². The van der Waals surface area contributed by atoms with Crippen LogP contribution in [-0.4, -0.2) is 13.4 Å². The highest BCUT2D eigenvalue weighted by atomic mass is 16.5. The highest BCUT2D eigenvalue weighted by Gasteiger charge is 1.98. The molecule has 0 saturated carbocycles. The molecule has 0 N–H and O–H groups in total. The minimum atomic E-state index is 0.629. The molecule has 0 spiro atoms. The maximum atomic E-state index is 10.6. The predicted molar refractivity (Wildman–Crippen MR) is 68.0 cm³/mol. The number of ether oxygens (including phenoxy) is 1. The van der Waals surface area contributed by atoms with E-state index in [2.05, 4.69) is 12.1 Å². The van der Waals surface area contributed by atoms with E-state index in [1.165, 1.54) is 0 Å². The highest BCUT2D eigenvalue weighted by molar-refractivity contribution is 5.76. The minimum Gasteiger partial charge on any atom is -0.380 e. The van der Waals surface area contributed by atoms with Gasteiger partial charge < -0.3 is 4.74 Å². The number of aldehydes is 1. The first-order valence-electron chi connectivity index (χ1n) is 5.47. The lowest BCUT2D eigenvalue weighted by atomic mass is 10.0. The van der Waals surface area contributed by atoms with Crippen LogP contribution in [0.15, 0.2) is 48.5 Å². The quantitative estimate of drug-likeness (QED) is 0.747. The van der Waals surface area contributed by atoms with Crippen LogP contribution in [-0.2, 0) is 11.3 Å². The SMILES string of the molecule is COCc1ccc(-c2ccc(C=O)cc2)cc1. The molecule has 0 amide bonds. The minimum absolute atomic E-state index is 0.629. The summed E-state index contributed by atoms with van der Waals surface area (Å²) < 4.78 is 5.06. The maximum Gasteiger partial charge on any atom is 0.150 e. The zero-order valence-corrected chi connectivity index (χ0v) is 9.72. The molecule has 86 valence electrons. The predicted octanol–water partition coefficient (Wildman–Crippen LogP) is 3.31. The average Bonchev–Trinajstić information content (AvgIpc) is 2.40. The van der Waals surface area contributed by atoms with Crippen molar-refractivity contribution < 1.29 is 9.53 Å². The van der Waals surface area contributed by atoms with E-state index in [4.69, 9.17) is 4.74 Å². The summed E-state index contributed by atoms with van der Waals surface area (Å²) in [7, 11) is 1.69. The molecule has 17 heavy (non-hydrogen) atoms. The van der Waals surface area contributed by atoms with E-state index in [9.17, 15) is 4.79 Å². The van der Waals surface area contributed by atoms with Gasteiger partial charge in [-0.1, -0.05) is 48.5 Å². The molecule has 0 aliphatic heterocycles. The molecule has 0 fully saturated rings. The molecule has 0 aliphatic carbocycles. The van der Waals surface area contributed by atoms with Crippen LogP contribution in [0.2, 0.25) is 0 Å². The molecule has 0 heterocycles. The molecule has 0 aromatic heterocycles. The van der Waals surface area contributed by atoms with Crippen LogP contribution >= 0.6 is 0 Å². The van der Waals surface area contributed by atoms with Gasteiger partial charge >= 0.3 is 0 Å². The molecule has 2 aromatic rings. The molecule has 0 aliphatic rings. The van der Waals surface area contributed by atoms with Gasteiger partial charge in [-0.25, -0.2) is 0 Å². The van der Waals surface area contributed by atoms with E-state index < -0.39 is 0 Å². The average molecular weight is 226 g/mol. The van der Waals surface area contributed by atoms with E-state index in [0.29, 0.717) is 12.2 Å². The van der Waals surface area contributed by atoms with E-state index in [1.807, 2.05) is 36.4 Å². The second-order valence-electron chi connectivity index (χ2n) is 3.87. The molecule has 0 radical (unpaired) electrons. The molecule has 2 aromatic carbocycles. The first kappa shape index (κ1) is 11.6. The van der Waals surface area contributed by atoms with Crippen molar-refractivity contribution in [3.05, 3.63) is 59.7 Å². The lowest BCUT2D eigenvalue weighted by molar-refractivity contribution is 0.112. The van der Waals surface area contributed by atoms with Crippen molar-refractivity contribution in [1.29, 1.82) is 0 Å². The van der Waals surface area contributed by atoms with Gasteiger partial charge in [-0.15, -0.1) is 0 Å². The Balaban J connectivity index is 2.23. The number of methoxy groups -OCH3 is 1. The van der Waals surface area contributed by atoms with Gasteiger partial charge in [0.15, 0.2) is 0 Å².